The van der Waals surface area contributed by atoms with Crippen LogP contribution in [0.5, 0.6) is 5.75 Å². The molecule has 6 heteroatoms. The van der Waals surface area contributed by atoms with Crippen LogP contribution in [0.1, 0.15) is 24.7 Å². The fourth-order valence-corrected chi connectivity index (χ4v) is 2.19. The number of rotatable bonds is 10. The van der Waals surface area contributed by atoms with E-state index in [9.17, 15) is 0 Å². The second-order valence-electron chi connectivity index (χ2n) is 5.46. The molecule has 2 rings (SSSR count). The molecule has 1 aromatic carbocycles. The zero-order valence-electron chi connectivity index (χ0n) is 15.0. The topological polar surface area (TPSA) is 68.0 Å². The fourth-order valence-electron chi connectivity index (χ4n) is 2.19. The molecule has 136 valence electrons. The summed E-state index contributed by atoms with van der Waals surface area (Å²) >= 11 is 0. The van der Waals surface area contributed by atoms with Gasteiger partial charge in [0.25, 0.3) is 0 Å². The van der Waals surface area contributed by atoms with Gasteiger partial charge in [0.1, 0.15) is 18.1 Å². The van der Waals surface area contributed by atoms with E-state index in [4.69, 9.17) is 13.9 Å². The molecule has 0 saturated heterocycles. The van der Waals surface area contributed by atoms with E-state index in [1.165, 1.54) is 0 Å². The Morgan fingerprint density at radius 3 is 2.68 bits per heavy atom. The van der Waals surface area contributed by atoms with Crippen molar-refractivity contribution < 1.29 is 13.9 Å². The SMILES string of the molecule is CCNC(=NCc1ccco1)NCCCOCc1ccc(OC)cc1. The molecule has 0 atom stereocenters. The van der Waals surface area contributed by atoms with Crippen molar-refractivity contribution in [3.05, 3.63) is 54.0 Å². The number of furan rings is 1. The summed E-state index contributed by atoms with van der Waals surface area (Å²) < 4.78 is 16.1. The van der Waals surface area contributed by atoms with Crippen LogP contribution in [-0.4, -0.2) is 32.8 Å². The average Bonchev–Trinajstić information content (AvgIpc) is 3.16. The van der Waals surface area contributed by atoms with Gasteiger partial charge in [0, 0.05) is 19.7 Å². The molecule has 0 aliphatic rings. The maximum atomic E-state index is 5.70. The molecule has 0 bridgehead atoms. The first-order chi connectivity index (χ1) is 12.3. The van der Waals surface area contributed by atoms with E-state index in [-0.39, 0.29) is 0 Å². The Labute approximate surface area is 149 Å². The number of guanidine groups is 1. The monoisotopic (exact) mass is 345 g/mol. The van der Waals surface area contributed by atoms with Crippen LogP contribution in [0.2, 0.25) is 0 Å². The first-order valence-corrected chi connectivity index (χ1v) is 8.57. The summed E-state index contributed by atoms with van der Waals surface area (Å²) in [5, 5.41) is 6.51. The van der Waals surface area contributed by atoms with Gasteiger partial charge in [-0.2, -0.15) is 0 Å². The lowest BCUT2D eigenvalue weighted by Gasteiger charge is -2.11. The third-order valence-electron chi connectivity index (χ3n) is 3.50. The highest BCUT2D eigenvalue weighted by atomic mass is 16.5. The standard InChI is InChI=1S/C19H27N3O3/c1-3-20-19(22-14-18-6-4-13-25-18)21-11-5-12-24-15-16-7-9-17(23-2)10-8-16/h4,6-10,13H,3,5,11-12,14-15H2,1-2H3,(H2,20,21,22). The minimum atomic E-state index is 0.524. The molecule has 6 nitrogen and oxygen atoms in total. The van der Waals surface area contributed by atoms with Gasteiger partial charge in [-0.3, -0.25) is 0 Å². The van der Waals surface area contributed by atoms with Crippen LogP contribution in [0.15, 0.2) is 52.1 Å². The largest absolute Gasteiger partial charge is 0.497 e. The van der Waals surface area contributed by atoms with E-state index in [0.29, 0.717) is 19.8 Å². The second kappa shape index (κ2) is 11.1. The zero-order valence-corrected chi connectivity index (χ0v) is 15.0. The number of benzene rings is 1. The Morgan fingerprint density at radius 1 is 1.16 bits per heavy atom. The Hall–Kier alpha value is -2.47. The highest BCUT2D eigenvalue weighted by molar-refractivity contribution is 5.79. The molecule has 0 radical (unpaired) electrons. The third-order valence-corrected chi connectivity index (χ3v) is 3.50. The van der Waals surface area contributed by atoms with Crippen molar-refractivity contribution >= 4 is 5.96 Å². The highest BCUT2D eigenvalue weighted by Crippen LogP contribution is 2.11. The normalized spacial score (nSPS) is 11.4. The van der Waals surface area contributed by atoms with Crippen LogP contribution in [-0.2, 0) is 17.9 Å². The van der Waals surface area contributed by atoms with Gasteiger partial charge >= 0.3 is 0 Å². The number of nitrogens with one attached hydrogen (secondary N) is 2. The first-order valence-electron chi connectivity index (χ1n) is 8.57. The third kappa shape index (κ3) is 7.30. The highest BCUT2D eigenvalue weighted by Gasteiger charge is 1.99. The molecule has 25 heavy (non-hydrogen) atoms. The molecule has 1 aromatic heterocycles. The second-order valence-corrected chi connectivity index (χ2v) is 5.46. The summed E-state index contributed by atoms with van der Waals surface area (Å²) in [6.07, 6.45) is 2.56. The molecule has 0 aliphatic carbocycles. The molecule has 2 N–H and O–H groups in total. The molecule has 0 unspecified atom stereocenters. The van der Waals surface area contributed by atoms with E-state index in [0.717, 1.165) is 42.5 Å². The predicted octanol–water partition coefficient (Wildman–Crippen LogP) is 2.95. The van der Waals surface area contributed by atoms with E-state index in [2.05, 4.69) is 15.6 Å². The van der Waals surface area contributed by atoms with E-state index in [1.807, 2.05) is 43.3 Å². The Balaban J connectivity index is 1.61. The van der Waals surface area contributed by atoms with Crippen LogP contribution in [0.4, 0.5) is 0 Å². The molecule has 0 aliphatic heterocycles. The molecule has 0 spiro atoms. The van der Waals surface area contributed by atoms with Crippen LogP contribution < -0.4 is 15.4 Å². The van der Waals surface area contributed by atoms with Gasteiger partial charge in [0.2, 0.25) is 0 Å². The summed E-state index contributed by atoms with van der Waals surface area (Å²) in [4.78, 5) is 4.49. The Bertz CT molecular complexity index is 609. The number of hydrogen-bond donors (Lipinski definition) is 2. The van der Waals surface area contributed by atoms with E-state index in [1.54, 1.807) is 13.4 Å². The molecule has 2 aromatic rings. The molecule has 0 saturated carbocycles. The van der Waals surface area contributed by atoms with Gasteiger partial charge in [-0.15, -0.1) is 0 Å². The van der Waals surface area contributed by atoms with Gasteiger partial charge in [-0.05, 0) is 43.2 Å². The number of hydrogen-bond acceptors (Lipinski definition) is 4. The number of ether oxygens (including phenoxy) is 2. The lowest BCUT2D eigenvalue weighted by atomic mass is 10.2. The molecule has 0 amide bonds. The summed E-state index contributed by atoms with van der Waals surface area (Å²) in [5.41, 5.74) is 1.14. The van der Waals surface area contributed by atoms with Crippen molar-refractivity contribution in [2.45, 2.75) is 26.5 Å². The van der Waals surface area contributed by atoms with Crippen molar-refractivity contribution in [2.24, 2.45) is 4.99 Å². The van der Waals surface area contributed by atoms with Gasteiger partial charge < -0.3 is 24.5 Å². The van der Waals surface area contributed by atoms with Crippen LogP contribution in [0.25, 0.3) is 0 Å². The maximum Gasteiger partial charge on any atom is 0.191 e. The van der Waals surface area contributed by atoms with Crippen molar-refractivity contribution in [2.75, 3.05) is 26.8 Å². The summed E-state index contributed by atoms with van der Waals surface area (Å²) in [7, 11) is 1.66. The van der Waals surface area contributed by atoms with Crippen molar-refractivity contribution in [1.29, 1.82) is 0 Å². The minimum Gasteiger partial charge on any atom is -0.497 e. The molecule has 1 heterocycles. The fraction of sp³-hybridized carbons (Fsp3) is 0.421. The average molecular weight is 345 g/mol. The number of methoxy groups -OCH3 is 1. The van der Waals surface area contributed by atoms with E-state index < -0.39 is 0 Å². The zero-order chi connectivity index (χ0) is 17.7. The lowest BCUT2D eigenvalue weighted by molar-refractivity contribution is 0.119. The Morgan fingerprint density at radius 2 is 2.00 bits per heavy atom. The molecule has 0 fully saturated rings. The Kier molecular flexibility index (Phi) is 8.41. The van der Waals surface area contributed by atoms with Gasteiger partial charge in [0.05, 0.1) is 20.0 Å². The van der Waals surface area contributed by atoms with Gasteiger partial charge in [-0.1, -0.05) is 12.1 Å². The quantitative estimate of drug-likeness (QED) is 0.394. The summed E-state index contributed by atoms with van der Waals surface area (Å²) in [5.74, 6) is 2.49. The lowest BCUT2D eigenvalue weighted by Crippen LogP contribution is -2.38. The van der Waals surface area contributed by atoms with Crippen molar-refractivity contribution in [3.8, 4) is 5.75 Å². The smallest absolute Gasteiger partial charge is 0.191 e. The van der Waals surface area contributed by atoms with Crippen molar-refractivity contribution in [1.82, 2.24) is 10.6 Å². The van der Waals surface area contributed by atoms with Crippen LogP contribution in [0, 0.1) is 0 Å². The van der Waals surface area contributed by atoms with Gasteiger partial charge in [0.15, 0.2) is 5.96 Å². The number of nitrogens with zero attached hydrogens (tertiary/aromatic N) is 1. The van der Waals surface area contributed by atoms with Crippen molar-refractivity contribution in [3.63, 3.8) is 0 Å². The van der Waals surface area contributed by atoms with Crippen LogP contribution in [0.3, 0.4) is 0 Å². The molecular weight excluding hydrogens is 318 g/mol. The summed E-state index contributed by atoms with van der Waals surface area (Å²) in [6.45, 7) is 5.48. The van der Waals surface area contributed by atoms with Gasteiger partial charge in [-0.25, -0.2) is 4.99 Å². The van der Waals surface area contributed by atoms with E-state index >= 15 is 0 Å². The minimum absolute atomic E-state index is 0.524. The first kappa shape index (κ1) is 18.9. The maximum absolute atomic E-state index is 5.70. The number of aliphatic imine (C=N–C) groups is 1. The predicted molar refractivity (Wildman–Crippen MR) is 98.8 cm³/mol. The summed E-state index contributed by atoms with van der Waals surface area (Å²) in [6, 6.07) is 11.7. The molecular formula is C19H27N3O3. The van der Waals surface area contributed by atoms with Crippen LogP contribution >= 0.6 is 0 Å².